The van der Waals surface area contributed by atoms with Gasteiger partial charge in [0, 0.05) is 19.3 Å². The van der Waals surface area contributed by atoms with Crippen LogP contribution in [-0.4, -0.2) is 29.3 Å². The summed E-state index contributed by atoms with van der Waals surface area (Å²) in [6.07, 6.45) is 1.69. The molecule has 0 aromatic carbocycles. The van der Waals surface area contributed by atoms with Crippen molar-refractivity contribution in [1.82, 2.24) is 4.98 Å². The largest absolute Gasteiger partial charge is 0.389 e. The zero-order valence-corrected chi connectivity index (χ0v) is 7.07. The lowest BCUT2D eigenvalue weighted by atomic mass is 10.1. The molecule has 0 radical (unpaired) electrons. The summed E-state index contributed by atoms with van der Waals surface area (Å²) in [6, 6.07) is 4.02. The fourth-order valence-electron chi connectivity index (χ4n) is 1.29. The molecule has 2 heterocycles. The smallest absolute Gasteiger partial charge is 0.128 e. The van der Waals surface area contributed by atoms with Gasteiger partial charge in [0.25, 0.3) is 0 Å². The molecule has 0 amide bonds. The van der Waals surface area contributed by atoms with Crippen LogP contribution in [0, 0.1) is 6.92 Å². The van der Waals surface area contributed by atoms with Crippen LogP contribution in [-0.2, 0) is 0 Å². The summed E-state index contributed by atoms with van der Waals surface area (Å²) < 4.78 is 0. The van der Waals surface area contributed by atoms with Gasteiger partial charge in [-0.25, -0.2) is 4.98 Å². The molecule has 1 saturated heterocycles. The van der Waals surface area contributed by atoms with Crippen molar-refractivity contribution in [3.8, 4) is 0 Å². The topological polar surface area (TPSA) is 36.4 Å². The van der Waals surface area contributed by atoms with E-state index in [2.05, 4.69) is 9.88 Å². The molecule has 2 rings (SSSR count). The number of pyridine rings is 1. The van der Waals surface area contributed by atoms with Crippen LogP contribution >= 0.6 is 0 Å². The van der Waals surface area contributed by atoms with Gasteiger partial charge >= 0.3 is 0 Å². The lowest BCUT2D eigenvalue weighted by molar-refractivity contribution is 0.141. The van der Waals surface area contributed by atoms with Crippen molar-refractivity contribution < 1.29 is 5.11 Å². The Balaban J connectivity index is 2.09. The van der Waals surface area contributed by atoms with Gasteiger partial charge in [-0.15, -0.1) is 0 Å². The number of aromatic nitrogens is 1. The molecular formula is C9H12N2O. The SMILES string of the molecule is Cc1ccc(N2CC(O)C2)nc1. The Morgan fingerprint density at radius 3 is 2.75 bits per heavy atom. The average Bonchev–Trinajstić information content (AvgIpc) is 2.01. The van der Waals surface area contributed by atoms with Crippen molar-refractivity contribution in [3.05, 3.63) is 23.9 Å². The van der Waals surface area contributed by atoms with Gasteiger partial charge < -0.3 is 10.0 Å². The summed E-state index contributed by atoms with van der Waals surface area (Å²) in [5.74, 6) is 0.964. The number of hydrogen-bond donors (Lipinski definition) is 1. The van der Waals surface area contributed by atoms with Gasteiger partial charge in [0.15, 0.2) is 0 Å². The molecule has 0 atom stereocenters. The Bertz CT molecular complexity index is 264. The third kappa shape index (κ3) is 1.28. The first-order valence-corrected chi connectivity index (χ1v) is 4.11. The fourth-order valence-corrected chi connectivity index (χ4v) is 1.29. The summed E-state index contributed by atoms with van der Waals surface area (Å²) in [6.45, 7) is 3.45. The van der Waals surface area contributed by atoms with E-state index in [1.165, 1.54) is 5.56 Å². The molecule has 0 unspecified atom stereocenters. The highest BCUT2D eigenvalue weighted by Crippen LogP contribution is 2.17. The van der Waals surface area contributed by atoms with Crippen molar-refractivity contribution in [3.63, 3.8) is 0 Å². The molecule has 1 aromatic rings. The predicted octanol–water partition coefficient (Wildman–Crippen LogP) is 0.571. The van der Waals surface area contributed by atoms with Crippen LogP contribution in [0.25, 0.3) is 0 Å². The number of aliphatic hydroxyl groups is 1. The predicted molar refractivity (Wildman–Crippen MR) is 47.2 cm³/mol. The van der Waals surface area contributed by atoms with Crippen molar-refractivity contribution in [2.45, 2.75) is 13.0 Å². The number of hydrogen-bond acceptors (Lipinski definition) is 3. The molecule has 0 bridgehead atoms. The maximum absolute atomic E-state index is 9.06. The van der Waals surface area contributed by atoms with E-state index < -0.39 is 0 Å². The Morgan fingerprint density at radius 2 is 2.25 bits per heavy atom. The van der Waals surface area contributed by atoms with E-state index in [1.807, 2.05) is 25.3 Å². The third-order valence-corrected chi connectivity index (χ3v) is 2.08. The standard InChI is InChI=1S/C9H12N2O/c1-7-2-3-9(10-4-7)11-5-8(12)6-11/h2-4,8,12H,5-6H2,1H3. The number of anilines is 1. The average molecular weight is 164 g/mol. The van der Waals surface area contributed by atoms with E-state index in [-0.39, 0.29) is 6.10 Å². The van der Waals surface area contributed by atoms with Crippen LogP contribution in [0.3, 0.4) is 0 Å². The first kappa shape index (κ1) is 7.55. The van der Waals surface area contributed by atoms with E-state index in [0.29, 0.717) is 0 Å². The second kappa shape index (κ2) is 2.75. The zero-order chi connectivity index (χ0) is 8.55. The van der Waals surface area contributed by atoms with Gasteiger partial charge in [-0.1, -0.05) is 6.07 Å². The Kier molecular flexibility index (Phi) is 1.73. The lowest BCUT2D eigenvalue weighted by Gasteiger charge is -2.36. The normalized spacial score (nSPS) is 17.7. The van der Waals surface area contributed by atoms with E-state index in [9.17, 15) is 0 Å². The second-order valence-electron chi connectivity index (χ2n) is 3.25. The quantitative estimate of drug-likeness (QED) is 0.659. The molecule has 0 aliphatic carbocycles. The van der Waals surface area contributed by atoms with Gasteiger partial charge in [0.05, 0.1) is 6.10 Å². The monoisotopic (exact) mass is 164 g/mol. The summed E-state index contributed by atoms with van der Waals surface area (Å²) >= 11 is 0. The minimum atomic E-state index is -0.159. The summed E-state index contributed by atoms with van der Waals surface area (Å²) in [5, 5.41) is 9.06. The highest BCUT2D eigenvalue weighted by Gasteiger charge is 2.24. The molecule has 0 spiro atoms. The summed E-state index contributed by atoms with van der Waals surface area (Å²) in [5.41, 5.74) is 1.17. The van der Waals surface area contributed by atoms with Crippen LogP contribution in [0.15, 0.2) is 18.3 Å². The highest BCUT2D eigenvalue weighted by molar-refractivity contribution is 5.42. The fraction of sp³-hybridized carbons (Fsp3) is 0.444. The first-order chi connectivity index (χ1) is 5.75. The van der Waals surface area contributed by atoms with Gasteiger partial charge in [-0.3, -0.25) is 0 Å². The number of β-amino-alcohol motifs (C(OH)–C–C–N with tert-alkyl or cyclic N) is 1. The van der Waals surface area contributed by atoms with Crippen LogP contribution in [0.5, 0.6) is 0 Å². The van der Waals surface area contributed by atoms with Crippen LogP contribution in [0.1, 0.15) is 5.56 Å². The minimum absolute atomic E-state index is 0.159. The molecule has 1 fully saturated rings. The van der Waals surface area contributed by atoms with Gasteiger partial charge in [-0.05, 0) is 18.6 Å². The van der Waals surface area contributed by atoms with Crippen LogP contribution in [0.4, 0.5) is 5.82 Å². The Labute approximate surface area is 71.7 Å². The lowest BCUT2D eigenvalue weighted by Crippen LogP contribution is -2.51. The molecule has 1 aromatic heterocycles. The van der Waals surface area contributed by atoms with Crippen molar-refractivity contribution in [2.24, 2.45) is 0 Å². The van der Waals surface area contributed by atoms with Gasteiger partial charge in [0.1, 0.15) is 5.82 Å². The van der Waals surface area contributed by atoms with Crippen molar-refractivity contribution >= 4 is 5.82 Å². The number of nitrogens with zero attached hydrogens (tertiary/aromatic N) is 2. The van der Waals surface area contributed by atoms with Gasteiger partial charge in [-0.2, -0.15) is 0 Å². The van der Waals surface area contributed by atoms with E-state index in [0.717, 1.165) is 18.9 Å². The maximum atomic E-state index is 9.06. The molecule has 0 saturated carbocycles. The highest BCUT2D eigenvalue weighted by atomic mass is 16.3. The summed E-state index contributed by atoms with van der Waals surface area (Å²) in [4.78, 5) is 6.31. The summed E-state index contributed by atoms with van der Waals surface area (Å²) in [7, 11) is 0. The number of rotatable bonds is 1. The second-order valence-corrected chi connectivity index (χ2v) is 3.25. The molecule has 3 nitrogen and oxygen atoms in total. The number of aryl methyl sites for hydroxylation is 1. The molecular weight excluding hydrogens is 152 g/mol. The molecule has 1 aliphatic heterocycles. The third-order valence-electron chi connectivity index (χ3n) is 2.08. The van der Waals surface area contributed by atoms with E-state index in [1.54, 1.807) is 0 Å². The van der Waals surface area contributed by atoms with Crippen molar-refractivity contribution in [2.75, 3.05) is 18.0 Å². The minimum Gasteiger partial charge on any atom is -0.389 e. The van der Waals surface area contributed by atoms with Gasteiger partial charge in [0.2, 0.25) is 0 Å². The zero-order valence-electron chi connectivity index (χ0n) is 7.07. The molecule has 1 N–H and O–H groups in total. The Morgan fingerprint density at radius 1 is 1.50 bits per heavy atom. The van der Waals surface area contributed by atoms with E-state index >= 15 is 0 Å². The van der Waals surface area contributed by atoms with Crippen LogP contribution in [0.2, 0.25) is 0 Å². The maximum Gasteiger partial charge on any atom is 0.128 e. The molecule has 12 heavy (non-hydrogen) atoms. The molecule has 3 heteroatoms. The molecule has 64 valence electrons. The Hall–Kier alpha value is -1.09. The number of aliphatic hydroxyl groups excluding tert-OH is 1. The first-order valence-electron chi connectivity index (χ1n) is 4.11. The van der Waals surface area contributed by atoms with Crippen molar-refractivity contribution in [1.29, 1.82) is 0 Å². The molecule has 1 aliphatic rings. The van der Waals surface area contributed by atoms with E-state index in [4.69, 9.17) is 5.11 Å². The van der Waals surface area contributed by atoms with Crippen LogP contribution < -0.4 is 4.90 Å².